The van der Waals surface area contributed by atoms with Crippen LogP contribution in [0.15, 0.2) is 12.2 Å². The summed E-state index contributed by atoms with van der Waals surface area (Å²) >= 11 is 0. The van der Waals surface area contributed by atoms with Crippen molar-refractivity contribution >= 4 is 11.9 Å². The van der Waals surface area contributed by atoms with E-state index in [0.717, 1.165) is 38.5 Å². The van der Waals surface area contributed by atoms with E-state index in [4.69, 9.17) is 4.74 Å². The van der Waals surface area contributed by atoms with E-state index in [1.54, 1.807) is 0 Å². The summed E-state index contributed by atoms with van der Waals surface area (Å²) < 4.78 is 5.50. The number of amides is 1. The smallest absolute Gasteiger partial charge is 0.305 e. The maximum absolute atomic E-state index is 12.4. The van der Waals surface area contributed by atoms with Gasteiger partial charge in [-0.1, -0.05) is 296 Å². The molecule has 0 aliphatic carbocycles. The molecule has 0 aromatic carbocycles. The Labute approximate surface area is 425 Å². The minimum Gasteiger partial charge on any atom is -0.466 e. The summed E-state index contributed by atoms with van der Waals surface area (Å²) in [5.74, 6) is -0.0252. The molecule has 2 unspecified atom stereocenters. The second kappa shape index (κ2) is 58.2. The van der Waals surface area contributed by atoms with Crippen LogP contribution in [0.2, 0.25) is 0 Å². The average molecular weight is 961 g/mol. The average Bonchev–Trinajstić information content (AvgIpc) is 3.34. The predicted molar refractivity (Wildman–Crippen MR) is 297 cm³/mol. The summed E-state index contributed by atoms with van der Waals surface area (Å²) in [6.07, 6.45) is 69.5. The minimum atomic E-state index is -0.665. The Balaban J connectivity index is 3.35. The van der Waals surface area contributed by atoms with Gasteiger partial charge in [-0.15, -0.1) is 0 Å². The number of carbonyl (C=O) groups is 2. The van der Waals surface area contributed by atoms with Crippen molar-refractivity contribution in [3.8, 4) is 0 Å². The van der Waals surface area contributed by atoms with Gasteiger partial charge in [-0.05, 0) is 51.4 Å². The van der Waals surface area contributed by atoms with Crippen LogP contribution in [-0.2, 0) is 14.3 Å². The molecule has 6 heteroatoms. The van der Waals surface area contributed by atoms with E-state index in [2.05, 4.69) is 31.3 Å². The van der Waals surface area contributed by atoms with Crippen LogP contribution in [0.25, 0.3) is 0 Å². The van der Waals surface area contributed by atoms with Gasteiger partial charge in [0.2, 0.25) is 5.91 Å². The zero-order valence-electron chi connectivity index (χ0n) is 46.1. The van der Waals surface area contributed by atoms with Gasteiger partial charge in [0.05, 0.1) is 25.4 Å². The predicted octanol–water partition coefficient (Wildman–Crippen LogP) is 19.2. The van der Waals surface area contributed by atoms with Gasteiger partial charge >= 0.3 is 5.97 Å². The number of unbranched alkanes of at least 4 members (excludes halogenated alkanes) is 45. The molecular formula is C62H121NO5. The first-order chi connectivity index (χ1) is 33.5. The molecule has 0 aliphatic rings. The summed E-state index contributed by atoms with van der Waals surface area (Å²) in [6.45, 7) is 4.96. The van der Waals surface area contributed by atoms with E-state index in [9.17, 15) is 19.8 Å². The lowest BCUT2D eigenvalue weighted by Crippen LogP contribution is -2.45. The SMILES string of the molecule is CCCCCCCCCCCCCCCCCCCCC(=O)OCCCCCCCCCCCCCC/C=C\CCCCCCCCCC(=O)NC(CO)C(O)CCCCCCCCCCCC. The van der Waals surface area contributed by atoms with Gasteiger partial charge < -0.3 is 20.3 Å². The van der Waals surface area contributed by atoms with Crippen LogP contribution in [0, 0.1) is 0 Å². The van der Waals surface area contributed by atoms with E-state index in [0.29, 0.717) is 25.9 Å². The molecule has 0 radical (unpaired) electrons. The third kappa shape index (κ3) is 53.9. The van der Waals surface area contributed by atoms with Crippen molar-refractivity contribution in [1.82, 2.24) is 5.32 Å². The van der Waals surface area contributed by atoms with Crippen molar-refractivity contribution in [2.24, 2.45) is 0 Å². The van der Waals surface area contributed by atoms with E-state index in [-0.39, 0.29) is 18.5 Å². The van der Waals surface area contributed by atoms with Crippen molar-refractivity contribution < 1.29 is 24.5 Å². The van der Waals surface area contributed by atoms with Crippen LogP contribution in [0.5, 0.6) is 0 Å². The number of aliphatic hydroxyl groups excluding tert-OH is 2. The molecule has 0 fully saturated rings. The molecule has 0 bridgehead atoms. The second-order valence-corrected chi connectivity index (χ2v) is 21.4. The molecule has 6 nitrogen and oxygen atoms in total. The van der Waals surface area contributed by atoms with Gasteiger partial charge in [-0.3, -0.25) is 9.59 Å². The first kappa shape index (κ1) is 66.6. The Morgan fingerprint density at radius 1 is 0.397 bits per heavy atom. The third-order valence-electron chi connectivity index (χ3n) is 14.6. The first-order valence-corrected chi connectivity index (χ1v) is 30.9. The molecule has 404 valence electrons. The van der Waals surface area contributed by atoms with Crippen LogP contribution in [0.3, 0.4) is 0 Å². The summed E-state index contributed by atoms with van der Waals surface area (Å²) in [4.78, 5) is 24.5. The fourth-order valence-electron chi connectivity index (χ4n) is 9.81. The Morgan fingerprint density at radius 2 is 0.691 bits per heavy atom. The maximum Gasteiger partial charge on any atom is 0.305 e. The summed E-state index contributed by atoms with van der Waals surface area (Å²) in [5, 5.41) is 23.1. The third-order valence-corrected chi connectivity index (χ3v) is 14.6. The van der Waals surface area contributed by atoms with E-state index in [1.165, 1.54) is 276 Å². The highest BCUT2D eigenvalue weighted by atomic mass is 16.5. The van der Waals surface area contributed by atoms with Gasteiger partial charge in [-0.2, -0.15) is 0 Å². The van der Waals surface area contributed by atoms with Gasteiger partial charge in [0.1, 0.15) is 0 Å². The standard InChI is InChI=1S/C62H121NO5/c1-3-5-7-9-11-13-15-16-17-18-27-30-33-36-40-44-48-52-56-62(67)68-57-53-49-45-41-37-34-31-28-25-23-21-19-20-22-24-26-29-32-35-39-43-47-51-55-61(66)63-59(58-64)60(65)54-50-46-42-38-14-12-10-8-6-4-2/h22,24,59-60,64-65H,3-21,23,25-58H2,1-2H3,(H,63,66)/b24-22-. The highest BCUT2D eigenvalue weighted by Crippen LogP contribution is 2.18. The van der Waals surface area contributed by atoms with Gasteiger partial charge in [0, 0.05) is 12.8 Å². The minimum absolute atomic E-state index is 0.0164. The number of carbonyl (C=O) groups excluding carboxylic acids is 2. The lowest BCUT2D eigenvalue weighted by atomic mass is 10.0. The number of allylic oxidation sites excluding steroid dienone is 2. The molecule has 0 saturated carbocycles. The topological polar surface area (TPSA) is 95.9 Å². The number of hydrogen-bond acceptors (Lipinski definition) is 5. The van der Waals surface area contributed by atoms with Crippen molar-refractivity contribution in [2.45, 2.75) is 360 Å². The van der Waals surface area contributed by atoms with E-state index in [1.807, 2.05) is 0 Å². The molecule has 0 saturated heterocycles. The number of ether oxygens (including phenoxy) is 1. The van der Waals surface area contributed by atoms with Crippen molar-refractivity contribution in [1.29, 1.82) is 0 Å². The Kier molecular flexibility index (Phi) is 57.0. The molecule has 0 aromatic rings. The molecule has 0 spiro atoms. The van der Waals surface area contributed by atoms with Gasteiger partial charge in [0.25, 0.3) is 0 Å². The highest BCUT2D eigenvalue weighted by Gasteiger charge is 2.20. The fourth-order valence-corrected chi connectivity index (χ4v) is 9.81. The monoisotopic (exact) mass is 960 g/mol. The van der Waals surface area contributed by atoms with Crippen molar-refractivity contribution in [2.75, 3.05) is 13.2 Å². The van der Waals surface area contributed by atoms with Gasteiger partial charge in [-0.25, -0.2) is 0 Å². The number of hydrogen-bond donors (Lipinski definition) is 3. The molecule has 0 aliphatic heterocycles. The zero-order chi connectivity index (χ0) is 49.3. The summed E-state index contributed by atoms with van der Waals surface area (Å²) in [5.41, 5.74) is 0. The van der Waals surface area contributed by atoms with Crippen LogP contribution >= 0.6 is 0 Å². The van der Waals surface area contributed by atoms with Crippen molar-refractivity contribution in [3.05, 3.63) is 12.2 Å². The van der Waals surface area contributed by atoms with Crippen LogP contribution in [-0.4, -0.2) is 47.4 Å². The van der Waals surface area contributed by atoms with Crippen LogP contribution in [0.4, 0.5) is 0 Å². The molecule has 0 rings (SSSR count). The van der Waals surface area contributed by atoms with Crippen molar-refractivity contribution in [3.63, 3.8) is 0 Å². The quantitative estimate of drug-likeness (QED) is 0.0321. The number of rotatable bonds is 58. The Bertz CT molecular complexity index is 1020. The highest BCUT2D eigenvalue weighted by molar-refractivity contribution is 5.76. The molecule has 3 N–H and O–H groups in total. The number of aliphatic hydroxyl groups is 2. The lowest BCUT2D eigenvalue weighted by Gasteiger charge is -2.22. The largest absolute Gasteiger partial charge is 0.466 e. The van der Waals surface area contributed by atoms with E-state index >= 15 is 0 Å². The van der Waals surface area contributed by atoms with Gasteiger partial charge in [0.15, 0.2) is 0 Å². The fraction of sp³-hybridized carbons (Fsp3) is 0.935. The molecule has 0 heterocycles. The molecule has 0 aromatic heterocycles. The van der Waals surface area contributed by atoms with E-state index < -0.39 is 12.1 Å². The zero-order valence-corrected chi connectivity index (χ0v) is 46.1. The summed E-state index contributed by atoms with van der Waals surface area (Å²) in [6, 6.07) is -0.543. The first-order valence-electron chi connectivity index (χ1n) is 30.9. The molecule has 1 amide bonds. The maximum atomic E-state index is 12.4. The lowest BCUT2D eigenvalue weighted by molar-refractivity contribution is -0.143. The Hall–Kier alpha value is -1.40. The molecule has 2 atom stereocenters. The van der Waals surface area contributed by atoms with Crippen LogP contribution < -0.4 is 5.32 Å². The number of nitrogens with one attached hydrogen (secondary N) is 1. The number of esters is 1. The normalized spacial score (nSPS) is 12.6. The summed E-state index contributed by atoms with van der Waals surface area (Å²) in [7, 11) is 0. The molecular weight excluding hydrogens is 839 g/mol. The van der Waals surface area contributed by atoms with Crippen LogP contribution in [0.1, 0.15) is 348 Å². The second-order valence-electron chi connectivity index (χ2n) is 21.4. The molecule has 68 heavy (non-hydrogen) atoms. The Morgan fingerprint density at radius 3 is 1.04 bits per heavy atom.